The fourth-order valence-electron chi connectivity index (χ4n) is 3.39. The van der Waals surface area contributed by atoms with Crippen LogP contribution in [0.1, 0.15) is 39.9 Å². The monoisotopic (exact) mass is 449 g/mol. The van der Waals surface area contributed by atoms with E-state index < -0.39 is 11.9 Å². The lowest BCUT2D eigenvalue weighted by atomic mass is 9.95. The van der Waals surface area contributed by atoms with Gasteiger partial charge in [-0.25, -0.2) is 9.67 Å². The number of aromatic nitrogens is 5. The second-order valence-corrected chi connectivity index (χ2v) is 8.65. The van der Waals surface area contributed by atoms with Gasteiger partial charge in [-0.1, -0.05) is 42.0 Å². The molecular formula is C23H23N5O3S. The minimum Gasteiger partial charge on any atom is -0.488 e. The summed E-state index contributed by atoms with van der Waals surface area (Å²) in [6, 6.07) is 15.7. The number of carboxylic acid groups (broad SMARTS) is 1. The van der Waals surface area contributed by atoms with Crippen LogP contribution in [0.2, 0.25) is 0 Å². The van der Waals surface area contributed by atoms with Gasteiger partial charge in [-0.15, -0.1) is 16.4 Å². The van der Waals surface area contributed by atoms with Gasteiger partial charge in [0.25, 0.3) is 0 Å². The van der Waals surface area contributed by atoms with Gasteiger partial charge in [0.15, 0.2) is 5.82 Å². The first-order chi connectivity index (χ1) is 15.4. The Morgan fingerprint density at radius 1 is 1.12 bits per heavy atom. The van der Waals surface area contributed by atoms with Gasteiger partial charge in [0.2, 0.25) is 0 Å². The maximum atomic E-state index is 11.4. The molecule has 0 fully saturated rings. The molecule has 0 spiro atoms. The average molecular weight is 450 g/mol. The lowest BCUT2D eigenvalue weighted by Crippen LogP contribution is -2.13. The molecule has 0 saturated carbocycles. The SMILES string of the molecule is Cc1ccc(-c2nc(C)c(COc3ccc(C(CC(=O)O)c4nnnn4C)cc3)s2)cc1. The largest absolute Gasteiger partial charge is 0.488 e. The van der Waals surface area contributed by atoms with E-state index >= 15 is 0 Å². The summed E-state index contributed by atoms with van der Waals surface area (Å²) in [5.41, 5.74) is 4.09. The van der Waals surface area contributed by atoms with Crippen LogP contribution in [0, 0.1) is 13.8 Å². The van der Waals surface area contributed by atoms with Crippen LogP contribution in [-0.4, -0.2) is 36.3 Å². The molecule has 2 aromatic heterocycles. The first kappa shape index (κ1) is 21.6. The molecule has 1 N–H and O–H groups in total. The zero-order valence-corrected chi connectivity index (χ0v) is 18.8. The van der Waals surface area contributed by atoms with E-state index in [0.29, 0.717) is 18.2 Å². The summed E-state index contributed by atoms with van der Waals surface area (Å²) in [4.78, 5) is 17.1. The molecule has 2 aromatic carbocycles. The van der Waals surface area contributed by atoms with Crippen LogP contribution in [0.4, 0.5) is 0 Å². The van der Waals surface area contributed by atoms with Crippen molar-refractivity contribution in [2.45, 2.75) is 32.8 Å². The van der Waals surface area contributed by atoms with Crippen LogP contribution < -0.4 is 4.74 Å². The number of nitrogens with zero attached hydrogens (tertiary/aromatic N) is 5. The second kappa shape index (κ2) is 9.27. The van der Waals surface area contributed by atoms with Gasteiger partial charge in [0, 0.05) is 12.6 Å². The standard InChI is InChI=1S/C23H23N5O3S/c1-14-4-6-17(7-5-14)23-24-15(2)20(32-23)13-31-18-10-8-16(9-11-18)19(12-21(29)30)22-25-26-27-28(22)3/h4-11,19H,12-13H2,1-3H3,(H,29,30). The van der Waals surface area contributed by atoms with E-state index in [1.165, 1.54) is 10.2 Å². The molecule has 9 heteroatoms. The number of benzene rings is 2. The van der Waals surface area contributed by atoms with E-state index in [4.69, 9.17) is 4.74 Å². The molecule has 164 valence electrons. The minimum absolute atomic E-state index is 0.101. The van der Waals surface area contributed by atoms with E-state index in [2.05, 4.69) is 51.7 Å². The molecule has 0 amide bonds. The number of hydrogen-bond donors (Lipinski definition) is 1. The minimum atomic E-state index is -0.914. The number of hydrogen-bond acceptors (Lipinski definition) is 7. The molecule has 4 aromatic rings. The Morgan fingerprint density at radius 2 is 1.84 bits per heavy atom. The molecule has 4 rings (SSSR count). The Bertz CT molecular complexity index is 1220. The lowest BCUT2D eigenvalue weighted by Gasteiger charge is -2.14. The van der Waals surface area contributed by atoms with E-state index in [9.17, 15) is 9.90 Å². The van der Waals surface area contributed by atoms with Crippen molar-refractivity contribution in [2.24, 2.45) is 7.05 Å². The Kier molecular flexibility index (Phi) is 6.27. The van der Waals surface area contributed by atoms with Gasteiger partial charge in [-0.3, -0.25) is 4.79 Å². The van der Waals surface area contributed by atoms with E-state index in [0.717, 1.165) is 26.7 Å². The molecule has 8 nitrogen and oxygen atoms in total. The molecule has 1 unspecified atom stereocenters. The number of carbonyl (C=O) groups is 1. The highest BCUT2D eigenvalue weighted by atomic mass is 32.1. The summed E-state index contributed by atoms with van der Waals surface area (Å²) < 4.78 is 7.48. The summed E-state index contributed by atoms with van der Waals surface area (Å²) in [7, 11) is 1.70. The molecule has 2 heterocycles. The zero-order chi connectivity index (χ0) is 22.7. The van der Waals surface area contributed by atoms with Crippen molar-refractivity contribution >= 4 is 17.3 Å². The first-order valence-corrected chi connectivity index (χ1v) is 10.9. The number of carboxylic acids is 1. The Morgan fingerprint density at radius 3 is 2.47 bits per heavy atom. The quantitative estimate of drug-likeness (QED) is 0.431. The molecule has 1 atom stereocenters. The highest BCUT2D eigenvalue weighted by molar-refractivity contribution is 7.15. The third kappa shape index (κ3) is 4.83. The Hall–Kier alpha value is -3.59. The van der Waals surface area contributed by atoms with Gasteiger partial charge in [0.1, 0.15) is 17.4 Å². The summed E-state index contributed by atoms with van der Waals surface area (Å²) in [6.45, 7) is 4.47. The van der Waals surface area contributed by atoms with Crippen molar-refractivity contribution in [3.05, 3.63) is 76.1 Å². The predicted molar refractivity (Wildman–Crippen MR) is 121 cm³/mol. The van der Waals surface area contributed by atoms with Crippen molar-refractivity contribution in [1.29, 1.82) is 0 Å². The number of ether oxygens (including phenoxy) is 1. The number of aryl methyl sites for hydroxylation is 3. The van der Waals surface area contributed by atoms with Crippen LogP contribution in [0.15, 0.2) is 48.5 Å². The molecule has 0 radical (unpaired) electrons. The lowest BCUT2D eigenvalue weighted by molar-refractivity contribution is -0.137. The Balaban J connectivity index is 1.46. The first-order valence-electron chi connectivity index (χ1n) is 10.1. The smallest absolute Gasteiger partial charge is 0.304 e. The molecule has 0 bridgehead atoms. The van der Waals surface area contributed by atoms with Crippen molar-refractivity contribution in [3.8, 4) is 16.3 Å². The van der Waals surface area contributed by atoms with Gasteiger partial charge < -0.3 is 9.84 Å². The van der Waals surface area contributed by atoms with Crippen molar-refractivity contribution < 1.29 is 14.6 Å². The maximum Gasteiger partial charge on any atom is 0.304 e. The molecule has 0 saturated heterocycles. The molecular weight excluding hydrogens is 426 g/mol. The Labute approximate surface area is 189 Å². The average Bonchev–Trinajstić information content (AvgIpc) is 3.36. The van der Waals surface area contributed by atoms with E-state index in [1.54, 1.807) is 18.4 Å². The number of rotatable bonds is 8. The van der Waals surface area contributed by atoms with Crippen LogP contribution >= 0.6 is 11.3 Å². The predicted octanol–water partition coefficient (Wildman–Crippen LogP) is 4.14. The molecule has 32 heavy (non-hydrogen) atoms. The van der Waals surface area contributed by atoms with Gasteiger partial charge in [-0.2, -0.15) is 0 Å². The van der Waals surface area contributed by atoms with Gasteiger partial charge in [-0.05, 0) is 42.0 Å². The van der Waals surface area contributed by atoms with Gasteiger partial charge >= 0.3 is 5.97 Å². The van der Waals surface area contributed by atoms with Crippen molar-refractivity contribution in [3.63, 3.8) is 0 Å². The maximum absolute atomic E-state index is 11.4. The normalized spacial score (nSPS) is 12.0. The molecule has 0 aliphatic carbocycles. The fraction of sp³-hybridized carbons (Fsp3) is 0.261. The summed E-state index contributed by atoms with van der Waals surface area (Å²) in [5.74, 6) is -0.153. The van der Waals surface area contributed by atoms with Crippen LogP contribution in [0.3, 0.4) is 0 Å². The van der Waals surface area contributed by atoms with E-state index in [1.807, 2.05) is 31.2 Å². The second-order valence-electron chi connectivity index (χ2n) is 7.56. The zero-order valence-electron chi connectivity index (χ0n) is 18.0. The summed E-state index contributed by atoms with van der Waals surface area (Å²) in [6.07, 6.45) is -0.101. The third-order valence-corrected chi connectivity index (χ3v) is 6.37. The summed E-state index contributed by atoms with van der Waals surface area (Å²) >= 11 is 1.63. The van der Waals surface area contributed by atoms with E-state index in [-0.39, 0.29) is 6.42 Å². The molecule has 0 aliphatic heterocycles. The highest BCUT2D eigenvalue weighted by Gasteiger charge is 2.23. The summed E-state index contributed by atoms with van der Waals surface area (Å²) in [5, 5.41) is 21.7. The van der Waals surface area contributed by atoms with Crippen LogP contribution in [0.5, 0.6) is 5.75 Å². The van der Waals surface area contributed by atoms with Gasteiger partial charge in [0.05, 0.1) is 22.9 Å². The topological polar surface area (TPSA) is 103 Å². The number of aliphatic carboxylic acids is 1. The third-order valence-electron chi connectivity index (χ3n) is 5.19. The molecule has 0 aliphatic rings. The van der Waals surface area contributed by atoms with Crippen molar-refractivity contribution in [1.82, 2.24) is 25.2 Å². The van der Waals surface area contributed by atoms with Crippen LogP contribution in [-0.2, 0) is 18.4 Å². The number of thiazole rings is 1. The number of tetrazole rings is 1. The van der Waals surface area contributed by atoms with Crippen LogP contribution in [0.25, 0.3) is 10.6 Å². The highest BCUT2D eigenvalue weighted by Crippen LogP contribution is 2.30. The van der Waals surface area contributed by atoms with Crippen molar-refractivity contribution in [2.75, 3.05) is 0 Å². The fourth-order valence-corrected chi connectivity index (χ4v) is 4.37.